The number of alkyl halides is 1. The second kappa shape index (κ2) is 6.50. The van der Waals surface area contributed by atoms with Crippen LogP contribution in [0.2, 0.25) is 0 Å². The minimum Gasteiger partial charge on any atom is -0.365 e. The summed E-state index contributed by atoms with van der Waals surface area (Å²) in [5, 5.41) is 0.696. The molecule has 3 unspecified atom stereocenters. The summed E-state index contributed by atoms with van der Waals surface area (Å²) in [5.41, 5.74) is 5.25. The summed E-state index contributed by atoms with van der Waals surface area (Å²) < 4.78 is 14.7. The third-order valence-corrected chi connectivity index (χ3v) is 5.74. The molecule has 0 aromatic carbocycles. The zero-order valence-corrected chi connectivity index (χ0v) is 13.7. The molecule has 1 aromatic rings. The number of hydrogen-bond donors (Lipinski definition) is 1. The molecule has 122 valence electrons. The van der Waals surface area contributed by atoms with Crippen LogP contribution in [-0.2, 0) is 0 Å². The first-order valence-electron chi connectivity index (χ1n) is 7.93. The van der Waals surface area contributed by atoms with Crippen molar-refractivity contribution < 1.29 is 9.18 Å². The fourth-order valence-electron chi connectivity index (χ4n) is 3.53. The highest BCUT2D eigenvalue weighted by Gasteiger charge is 2.35. The van der Waals surface area contributed by atoms with E-state index in [2.05, 4.69) is 16.8 Å². The van der Waals surface area contributed by atoms with Crippen molar-refractivity contribution in [1.29, 1.82) is 0 Å². The Kier molecular flexibility index (Phi) is 4.63. The van der Waals surface area contributed by atoms with E-state index in [1.54, 1.807) is 0 Å². The smallest absolute Gasteiger partial charge is 0.260 e. The van der Waals surface area contributed by atoms with E-state index >= 15 is 0 Å². The Labute approximate surface area is 134 Å². The van der Waals surface area contributed by atoms with Gasteiger partial charge in [-0.1, -0.05) is 18.3 Å². The van der Waals surface area contributed by atoms with Gasteiger partial charge < -0.3 is 10.6 Å². The molecule has 2 aliphatic rings. The van der Waals surface area contributed by atoms with Gasteiger partial charge in [-0.3, -0.25) is 9.69 Å². The maximum atomic E-state index is 14.7. The van der Waals surface area contributed by atoms with E-state index in [9.17, 15) is 9.18 Å². The van der Waals surface area contributed by atoms with E-state index in [0.29, 0.717) is 22.5 Å². The molecule has 2 aliphatic heterocycles. The van der Waals surface area contributed by atoms with Gasteiger partial charge in [-0.25, -0.2) is 9.37 Å². The number of anilines is 1. The van der Waals surface area contributed by atoms with Gasteiger partial charge >= 0.3 is 0 Å². The highest BCUT2D eigenvalue weighted by molar-refractivity contribution is 7.17. The normalized spacial score (nSPS) is 30.5. The Hall–Kier alpha value is -1.21. The number of primary amides is 1. The van der Waals surface area contributed by atoms with Crippen LogP contribution < -0.4 is 10.6 Å². The molecule has 0 bridgehead atoms. The van der Waals surface area contributed by atoms with Crippen LogP contribution in [0.4, 0.5) is 9.52 Å². The van der Waals surface area contributed by atoms with Crippen LogP contribution in [0.15, 0.2) is 6.20 Å². The van der Waals surface area contributed by atoms with Crippen LogP contribution in [-0.4, -0.2) is 54.2 Å². The molecule has 3 atom stereocenters. The van der Waals surface area contributed by atoms with Crippen molar-refractivity contribution in [2.45, 2.75) is 38.4 Å². The molecule has 5 nitrogen and oxygen atoms in total. The first kappa shape index (κ1) is 15.7. The molecule has 7 heteroatoms. The van der Waals surface area contributed by atoms with E-state index in [-0.39, 0.29) is 6.04 Å². The first-order valence-corrected chi connectivity index (χ1v) is 8.75. The van der Waals surface area contributed by atoms with Gasteiger partial charge in [0.1, 0.15) is 11.0 Å². The number of halogens is 1. The number of carbonyl (C=O) groups is 1. The lowest BCUT2D eigenvalue weighted by molar-refractivity contribution is 0.0596. The summed E-state index contributed by atoms with van der Waals surface area (Å²) in [6, 6.07) is 0.0228. The molecular formula is C15H23FN4OS. The Morgan fingerprint density at radius 2 is 2.23 bits per heavy atom. The summed E-state index contributed by atoms with van der Waals surface area (Å²) in [6.07, 6.45) is 3.83. The summed E-state index contributed by atoms with van der Waals surface area (Å²) in [5.74, 6) is 0.189. The SMILES string of the molecule is CC1CCCN(C2CCN(c3ncc(C(N)=O)s3)CC2F)C1. The number of nitrogens with zero attached hydrogens (tertiary/aromatic N) is 3. The van der Waals surface area contributed by atoms with E-state index in [1.165, 1.54) is 30.4 Å². The minimum absolute atomic E-state index is 0.0228. The molecule has 0 radical (unpaired) electrons. The molecule has 1 aromatic heterocycles. The molecule has 0 spiro atoms. The molecule has 22 heavy (non-hydrogen) atoms. The van der Waals surface area contributed by atoms with Crippen LogP contribution in [0.5, 0.6) is 0 Å². The zero-order valence-electron chi connectivity index (χ0n) is 12.9. The summed E-state index contributed by atoms with van der Waals surface area (Å²) in [7, 11) is 0. The topological polar surface area (TPSA) is 62.5 Å². The van der Waals surface area contributed by atoms with Gasteiger partial charge in [0.05, 0.1) is 12.7 Å². The zero-order chi connectivity index (χ0) is 15.7. The summed E-state index contributed by atoms with van der Waals surface area (Å²) >= 11 is 1.25. The number of hydrogen-bond acceptors (Lipinski definition) is 5. The number of rotatable bonds is 3. The maximum absolute atomic E-state index is 14.7. The van der Waals surface area contributed by atoms with Crippen molar-refractivity contribution in [3.8, 4) is 0 Å². The van der Waals surface area contributed by atoms with E-state index < -0.39 is 12.1 Å². The average molecular weight is 326 g/mol. The largest absolute Gasteiger partial charge is 0.365 e. The van der Waals surface area contributed by atoms with Gasteiger partial charge in [-0.05, 0) is 31.7 Å². The van der Waals surface area contributed by atoms with Gasteiger partial charge in [0.25, 0.3) is 5.91 Å². The lowest BCUT2D eigenvalue weighted by atomic mass is 9.94. The highest BCUT2D eigenvalue weighted by atomic mass is 32.1. The molecule has 2 N–H and O–H groups in total. The number of nitrogens with two attached hydrogens (primary N) is 1. The molecule has 2 fully saturated rings. The number of carbonyl (C=O) groups excluding carboxylic acids is 1. The predicted octanol–water partition coefficient (Wildman–Crippen LogP) is 1.89. The van der Waals surface area contributed by atoms with Crippen molar-refractivity contribution >= 4 is 22.4 Å². The number of amides is 1. The lowest BCUT2D eigenvalue weighted by Gasteiger charge is -2.43. The first-order chi connectivity index (χ1) is 10.5. The third-order valence-electron chi connectivity index (χ3n) is 4.67. The number of aromatic nitrogens is 1. The van der Waals surface area contributed by atoms with Gasteiger partial charge in [0.15, 0.2) is 5.13 Å². The second-order valence-electron chi connectivity index (χ2n) is 6.43. The molecule has 0 saturated carbocycles. The van der Waals surface area contributed by atoms with Crippen molar-refractivity contribution in [2.24, 2.45) is 11.7 Å². The molecule has 3 heterocycles. The van der Waals surface area contributed by atoms with Crippen molar-refractivity contribution in [3.63, 3.8) is 0 Å². The van der Waals surface area contributed by atoms with Gasteiger partial charge in [-0.2, -0.15) is 0 Å². The minimum atomic E-state index is -0.875. The Morgan fingerprint density at radius 1 is 1.41 bits per heavy atom. The molecule has 0 aliphatic carbocycles. The van der Waals surface area contributed by atoms with Crippen molar-refractivity contribution in [3.05, 3.63) is 11.1 Å². The molecule has 1 amide bonds. The van der Waals surface area contributed by atoms with Crippen LogP contribution in [0.3, 0.4) is 0 Å². The van der Waals surface area contributed by atoms with E-state index in [1.807, 2.05) is 4.90 Å². The van der Waals surface area contributed by atoms with Crippen LogP contribution in [0, 0.1) is 5.92 Å². The summed E-state index contributed by atoms with van der Waals surface area (Å²) in [4.78, 5) is 20.0. The van der Waals surface area contributed by atoms with Crippen LogP contribution in [0.1, 0.15) is 35.9 Å². The standard InChI is InChI=1S/C15H23FN4OS/c1-10-3-2-5-19(8-10)12-4-6-20(9-11(12)16)15-18-7-13(22-15)14(17)21/h7,10-12H,2-6,8-9H2,1H3,(H2,17,21). The number of likely N-dealkylation sites (tertiary alicyclic amines) is 1. The quantitative estimate of drug-likeness (QED) is 0.921. The Bertz CT molecular complexity index is 537. The van der Waals surface area contributed by atoms with E-state index in [4.69, 9.17) is 5.73 Å². The van der Waals surface area contributed by atoms with Crippen LogP contribution >= 0.6 is 11.3 Å². The maximum Gasteiger partial charge on any atom is 0.260 e. The number of piperidine rings is 2. The monoisotopic (exact) mass is 326 g/mol. The molecular weight excluding hydrogens is 303 g/mol. The van der Waals surface area contributed by atoms with E-state index in [0.717, 1.165) is 26.1 Å². The second-order valence-corrected chi connectivity index (χ2v) is 7.44. The number of thiazole rings is 1. The third kappa shape index (κ3) is 3.25. The van der Waals surface area contributed by atoms with Crippen LogP contribution in [0.25, 0.3) is 0 Å². The van der Waals surface area contributed by atoms with Gasteiger partial charge in [0.2, 0.25) is 0 Å². The van der Waals surface area contributed by atoms with Gasteiger partial charge in [0, 0.05) is 19.1 Å². The average Bonchev–Trinajstić information content (AvgIpc) is 2.97. The Balaban J connectivity index is 1.62. The molecule has 3 rings (SSSR count). The van der Waals surface area contributed by atoms with Crippen molar-refractivity contribution in [2.75, 3.05) is 31.1 Å². The summed E-state index contributed by atoms with van der Waals surface area (Å²) in [6.45, 7) is 5.39. The van der Waals surface area contributed by atoms with Gasteiger partial charge in [-0.15, -0.1) is 0 Å². The fourth-order valence-corrected chi connectivity index (χ4v) is 4.33. The molecule has 2 saturated heterocycles. The van der Waals surface area contributed by atoms with Crippen molar-refractivity contribution in [1.82, 2.24) is 9.88 Å². The Morgan fingerprint density at radius 3 is 2.86 bits per heavy atom. The predicted molar refractivity (Wildman–Crippen MR) is 86.1 cm³/mol. The lowest BCUT2D eigenvalue weighted by Crippen LogP contribution is -2.54. The highest BCUT2D eigenvalue weighted by Crippen LogP contribution is 2.30. The fraction of sp³-hybridized carbons (Fsp3) is 0.733.